The van der Waals surface area contributed by atoms with E-state index in [2.05, 4.69) is 44.6 Å². The quantitative estimate of drug-likeness (QED) is 0.521. The minimum atomic E-state index is -0.383. The van der Waals surface area contributed by atoms with Crippen LogP contribution in [0.3, 0.4) is 0 Å². The molecule has 2 aliphatic rings. The van der Waals surface area contributed by atoms with Crippen LogP contribution in [-0.4, -0.2) is 55.6 Å². The Bertz CT molecular complexity index is 629. The number of anilines is 1. The van der Waals surface area contributed by atoms with Crippen LogP contribution >= 0.6 is 0 Å². The number of nitrogens with two attached hydrogens (primary N) is 1. The van der Waals surface area contributed by atoms with Crippen molar-refractivity contribution < 1.29 is 9.31 Å². The second-order valence-corrected chi connectivity index (χ2v) is 7.96. The maximum atomic E-state index is 6.22. The first kappa shape index (κ1) is 17.5. The zero-order chi connectivity index (χ0) is 17.5. The number of likely N-dealkylation sites (N-methyl/N-ethyl adjacent to an activating group) is 1. The predicted molar refractivity (Wildman–Crippen MR) is 100 cm³/mol. The summed E-state index contributed by atoms with van der Waals surface area (Å²) < 4.78 is 12.2. The van der Waals surface area contributed by atoms with Crippen LogP contribution in [0.5, 0.6) is 0 Å². The lowest BCUT2D eigenvalue weighted by Gasteiger charge is -2.32. The first-order chi connectivity index (χ1) is 11.2. The molecule has 0 amide bonds. The van der Waals surface area contributed by atoms with Crippen LogP contribution < -0.4 is 11.2 Å². The average molecular weight is 329 g/mol. The van der Waals surface area contributed by atoms with Crippen LogP contribution in [0.15, 0.2) is 23.2 Å². The number of benzene rings is 1. The van der Waals surface area contributed by atoms with Crippen molar-refractivity contribution in [2.75, 3.05) is 25.9 Å². The number of aliphatic imine (C=N–C) groups is 1. The van der Waals surface area contributed by atoms with Gasteiger partial charge in [0.15, 0.2) is 0 Å². The van der Waals surface area contributed by atoms with Gasteiger partial charge in [0.1, 0.15) is 0 Å². The van der Waals surface area contributed by atoms with Crippen molar-refractivity contribution in [1.82, 2.24) is 4.90 Å². The van der Waals surface area contributed by atoms with Crippen LogP contribution in [-0.2, 0) is 9.31 Å². The Morgan fingerprint density at radius 1 is 1.25 bits per heavy atom. The Balaban J connectivity index is 1.73. The normalized spacial score (nSPS) is 26.5. The number of rotatable bonds is 3. The summed E-state index contributed by atoms with van der Waals surface area (Å²) in [4.78, 5) is 6.97. The molecule has 0 bridgehead atoms. The zero-order valence-corrected chi connectivity index (χ0v) is 15.4. The maximum absolute atomic E-state index is 6.22. The molecule has 2 saturated heterocycles. The molecule has 6 heteroatoms. The largest absolute Gasteiger partial charge is 0.494 e. The molecule has 0 spiro atoms. The number of likely N-dealkylation sites (tertiary alicyclic amines) is 1. The molecule has 2 heterocycles. The van der Waals surface area contributed by atoms with Crippen LogP contribution in [0.25, 0.3) is 0 Å². The fourth-order valence-corrected chi connectivity index (χ4v) is 3.06. The van der Waals surface area contributed by atoms with Gasteiger partial charge in [0, 0.05) is 24.0 Å². The van der Waals surface area contributed by atoms with E-state index in [0.717, 1.165) is 30.5 Å². The zero-order valence-electron chi connectivity index (χ0n) is 15.4. The summed E-state index contributed by atoms with van der Waals surface area (Å²) >= 11 is 0. The third-order valence-electron chi connectivity index (χ3n) is 5.43. The van der Waals surface area contributed by atoms with Gasteiger partial charge >= 0.3 is 7.12 Å². The van der Waals surface area contributed by atoms with Gasteiger partial charge in [-0.3, -0.25) is 4.99 Å². The summed E-state index contributed by atoms with van der Waals surface area (Å²) in [5.74, 6) is 0. The van der Waals surface area contributed by atoms with Crippen molar-refractivity contribution in [3.05, 3.63) is 23.8 Å². The molecule has 5 nitrogen and oxygen atoms in total. The molecule has 0 aliphatic carbocycles. The summed E-state index contributed by atoms with van der Waals surface area (Å²) in [6.45, 7) is 10.3. The van der Waals surface area contributed by atoms with Gasteiger partial charge in [0.05, 0.1) is 17.2 Å². The highest BCUT2D eigenvalue weighted by Crippen LogP contribution is 2.36. The minimum Gasteiger partial charge on any atom is -0.399 e. The van der Waals surface area contributed by atoms with E-state index in [1.165, 1.54) is 0 Å². The van der Waals surface area contributed by atoms with Crippen molar-refractivity contribution in [3.63, 3.8) is 0 Å². The molecule has 1 aromatic carbocycles. The van der Waals surface area contributed by atoms with Crippen LogP contribution in [0.1, 0.15) is 39.7 Å². The first-order valence-corrected chi connectivity index (χ1v) is 8.65. The molecule has 1 unspecified atom stereocenters. The number of hydrogen-bond donors (Lipinski definition) is 1. The number of nitrogen functional groups attached to an aromatic ring is 1. The smallest absolute Gasteiger partial charge is 0.399 e. The molecule has 0 saturated carbocycles. The Morgan fingerprint density at radius 3 is 2.46 bits per heavy atom. The first-order valence-electron chi connectivity index (χ1n) is 8.65. The van der Waals surface area contributed by atoms with Crippen LogP contribution in [0, 0.1) is 0 Å². The molecule has 2 aliphatic heterocycles. The SMILES string of the molecule is CN1CCC(N=Cc2ccc(B3OC(C)(C)C(C)(C)O3)cc2N)C1. The summed E-state index contributed by atoms with van der Waals surface area (Å²) in [7, 11) is 1.75. The highest BCUT2D eigenvalue weighted by atomic mass is 16.7. The van der Waals surface area contributed by atoms with E-state index in [0.29, 0.717) is 11.7 Å². The van der Waals surface area contributed by atoms with Crippen molar-refractivity contribution in [3.8, 4) is 0 Å². The van der Waals surface area contributed by atoms with Gasteiger partial charge in [-0.2, -0.15) is 0 Å². The van der Waals surface area contributed by atoms with Crippen LogP contribution in [0.4, 0.5) is 5.69 Å². The summed E-state index contributed by atoms with van der Waals surface area (Å²) in [6, 6.07) is 6.32. The lowest BCUT2D eigenvalue weighted by Crippen LogP contribution is -2.41. The molecule has 130 valence electrons. The van der Waals surface area contributed by atoms with Gasteiger partial charge in [0.25, 0.3) is 0 Å². The van der Waals surface area contributed by atoms with Crippen molar-refractivity contribution in [2.45, 2.75) is 51.4 Å². The lowest BCUT2D eigenvalue weighted by atomic mass is 9.78. The monoisotopic (exact) mass is 329 g/mol. The van der Waals surface area contributed by atoms with E-state index in [4.69, 9.17) is 15.0 Å². The predicted octanol–water partition coefficient (Wildman–Crippen LogP) is 1.69. The molecule has 0 aromatic heterocycles. The van der Waals surface area contributed by atoms with E-state index >= 15 is 0 Å². The Hall–Kier alpha value is -1.37. The molecular formula is C18H28BN3O2. The fourth-order valence-electron chi connectivity index (χ4n) is 3.06. The molecule has 1 atom stereocenters. The maximum Gasteiger partial charge on any atom is 0.494 e. The second-order valence-electron chi connectivity index (χ2n) is 7.96. The van der Waals surface area contributed by atoms with E-state index < -0.39 is 0 Å². The van der Waals surface area contributed by atoms with Crippen molar-refractivity contribution in [2.24, 2.45) is 4.99 Å². The Labute approximate surface area is 145 Å². The van der Waals surface area contributed by atoms with Crippen molar-refractivity contribution in [1.29, 1.82) is 0 Å². The van der Waals surface area contributed by atoms with Gasteiger partial charge in [-0.05, 0) is 59.2 Å². The Morgan fingerprint density at radius 2 is 1.92 bits per heavy atom. The molecule has 2 N–H and O–H groups in total. The van der Waals surface area contributed by atoms with Gasteiger partial charge in [-0.25, -0.2) is 0 Å². The van der Waals surface area contributed by atoms with E-state index in [9.17, 15) is 0 Å². The summed E-state index contributed by atoms with van der Waals surface area (Å²) in [6.07, 6.45) is 3.01. The Kier molecular flexibility index (Phi) is 4.49. The van der Waals surface area contributed by atoms with Gasteiger partial charge in [0.2, 0.25) is 0 Å². The number of hydrogen-bond acceptors (Lipinski definition) is 5. The van der Waals surface area contributed by atoms with Gasteiger partial charge in [-0.15, -0.1) is 0 Å². The summed E-state index contributed by atoms with van der Waals surface area (Å²) in [5.41, 5.74) is 8.13. The molecule has 24 heavy (non-hydrogen) atoms. The third kappa shape index (κ3) is 3.36. The fraction of sp³-hybridized carbons (Fsp3) is 0.611. The highest BCUT2D eigenvalue weighted by molar-refractivity contribution is 6.62. The topological polar surface area (TPSA) is 60.1 Å². The molecular weight excluding hydrogens is 301 g/mol. The van der Waals surface area contributed by atoms with Crippen LogP contribution in [0.2, 0.25) is 0 Å². The second kappa shape index (κ2) is 6.17. The highest BCUT2D eigenvalue weighted by Gasteiger charge is 2.51. The molecule has 3 rings (SSSR count). The molecule has 1 aromatic rings. The lowest BCUT2D eigenvalue weighted by molar-refractivity contribution is 0.00578. The van der Waals surface area contributed by atoms with Gasteiger partial charge in [-0.1, -0.05) is 12.1 Å². The van der Waals surface area contributed by atoms with Crippen molar-refractivity contribution >= 4 is 24.5 Å². The standard InChI is InChI=1S/C18H28BN3O2/c1-17(2)18(3,4)24-19(23-17)14-7-6-13(16(20)10-14)11-21-15-8-9-22(5)12-15/h6-7,10-11,15H,8-9,12,20H2,1-5H3. The minimum absolute atomic E-state index is 0.346. The summed E-state index contributed by atoms with van der Waals surface area (Å²) in [5, 5.41) is 0. The molecule has 0 radical (unpaired) electrons. The van der Waals surface area contributed by atoms with E-state index in [-0.39, 0.29) is 18.3 Å². The van der Waals surface area contributed by atoms with Gasteiger partial charge < -0.3 is 19.9 Å². The van der Waals surface area contributed by atoms with E-state index in [1.54, 1.807) is 0 Å². The average Bonchev–Trinajstić information content (AvgIpc) is 2.98. The van der Waals surface area contributed by atoms with E-state index in [1.807, 2.05) is 24.4 Å². The third-order valence-corrected chi connectivity index (χ3v) is 5.43. The number of nitrogens with zero attached hydrogens (tertiary/aromatic N) is 2. The molecule has 2 fully saturated rings.